The quantitative estimate of drug-likeness (QED) is 0.901. The number of piperidine rings is 1. The predicted octanol–water partition coefficient (Wildman–Crippen LogP) is 3.35. The van der Waals surface area contributed by atoms with Gasteiger partial charge in [0.15, 0.2) is 0 Å². The third-order valence-electron chi connectivity index (χ3n) is 4.94. The molecule has 104 valence electrons. The Morgan fingerprint density at radius 2 is 1.74 bits per heavy atom. The topological polar surface area (TPSA) is 29.3 Å². The van der Waals surface area contributed by atoms with Crippen LogP contribution in [-0.2, 0) is 6.42 Å². The maximum atomic E-state index is 5.62. The van der Waals surface area contributed by atoms with Crippen LogP contribution in [-0.4, -0.2) is 19.1 Å². The molecular formula is C17H26N2. The van der Waals surface area contributed by atoms with Gasteiger partial charge in [-0.1, -0.05) is 25.0 Å². The fraction of sp³-hybridized carbons (Fsp3) is 0.647. The Bertz CT molecular complexity index is 396. The standard InChI is InChI=1S/C17H26N2/c18-12-11-14-7-9-16(10-8-14)19-13-3-5-15-4-1-2-6-17(15)19/h7-10,15,17H,1-6,11-13,18H2/t15-,17-/m1/s1. The molecule has 0 amide bonds. The maximum Gasteiger partial charge on any atom is 0.0368 e. The average Bonchev–Trinajstić information content (AvgIpc) is 2.48. The van der Waals surface area contributed by atoms with Crippen LogP contribution >= 0.6 is 0 Å². The first kappa shape index (κ1) is 13.0. The molecule has 1 aromatic carbocycles. The van der Waals surface area contributed by atoms with Crippen molar-refractivity contribution in [1.29, 1.82) is 0 Å². The zero-order valence-electron chi connectivity index (χ0n) is 11.9. The predicted molar refractivity (Wildman–Crippen MR) is 81.5 cm³/mol. The number of anilines is 1. The molecule has 0 bridgehead atoms. The van der Waals surface area contributed by atoms with Gasteiger partial charge in [0.05, 0.1) is 0 Å². The first-order valence-corrected chi connectivity index (χ1v) is 7.94. The number of fused-ring (bicyclic) bond motifs is 1. The van der Waals surface area contributed by atoms with Crippen molar-refractivity contribution in [3.8, 4) is 0 Å². The molecule has 2 heteroatoms. The van der Waals surface area contributed by atoms with Crippen molar-refractivity contribution in [3.63, 3.8) is 0 Å². The van der Waals surface area contributed by atoms with E-state index in [2.05, 4.69) is 29.2 Å². The fourth-order valence-corrected chi connectivity index (χ4v) is 3.97. The van der Waals surface area contributed by atoms with Crippen molar-refractivity contribution < 1.29 is 0 Å². The van der Waals surface area contributed by atoms with Gasteiger partial charge in [0.25, 0.3) is 0 Å². The zero-order chi connectivity index (χ0) is 13.1. The van der Waals surface area contributed by atoms with Gasteiger partial charge >= 0.3 is 0 Å². The first-order valence-electron chi connectivity index (χ1n) is 7.94. The molecule has 1 aliphatic carbocycles. The molecule has 0 unspecified atom stereocenters. The normalized spacial score (nSPS) is 27.1. The minimum absolute atomic E-state index is 0.744. The van der Waals surface area contributed by atoms with Gasteiger partial charge in [-0.15, -0.1) is 0 Å². The fourth-order valence-electron chi connectivity index (χ4n) is 3.97. The number of hydrogen-bond acceptors (Lipinski definition) is 2. The van der Waals surface area contributed by atoms with Gasteiger partial charge in [-0.05, 0) is 62.3 Å². The summed E-state index contributed by atoms with van der Waals surface area (Å²) in [6.45, 7) is 1.99. The number of nitrogens with two attached hydrogens (primary N) is 1. The second-order valence-electron chi connectivity index (χ2n) is 6.15. The van der Waals surface area contributed by atoms with Gasteiger partial charge in [0.1, 0.15) is 0 Å². The summed E-state index contributed by atoms with van der Waals surface area (Å²) in [5, 5.41) is 0. The zero-order valence-corrected chi connectivity index (χ0v) is 11.9. The smallest absolute Gasteiger partial charge is 0.0368 e. The van der Waals surface area contributed by atoms with Gasteiger partial charge in [-0.25, -0.2) is 0 Å². The van der Waals surface area contributed by atoms with Gasteiger partial charge < -0.3 is 10.6 Å². The second-order valence-corrected chi connectivity index (χ2v) is 6.15. The van der Waals surface area contributed by atoms with Gasteiger partial charge in [-0.2, -0.15) is 0 Å². The van der Waals surface area contributed by atoms with Crippen LogP contribution in [0.15, 0.2) is 24.3 Å². The molecule has 0 spiro atoms. The Hall–Kier alpha value is -1.02. The van der Waals surface area contributed by atoms with E-state index in [1.807, 2.05) is 0 Å². The molecule has 0 radical (unpaired) electrons. The Balaban J connectivity index is 1.75. The highest BCUT2D eigenvalue weighted by Gasteiger charge is 2.33. The lowest BCUT2D eigenvalue weighted by atomic mass is 9.78. The number of nitrogens with zero attached hydrogens (tertiary/aromatic N) is 1. The first-order chi connectivity index (χ1) is 9.38. The van der Waals surface area contributed by atoms with Crippen LogP contribution in [0, 0.1) is 5.92 Å². The van der Waals surface area contributed by atoms with Crippen molar-refractivity contribution in [2.75, 3.05) is 18.0 Å². The van der Waals surface area contributed by atoms with Crippen LogP contribution in [0.25, 0.3) is 0 Å². The summed E-state index contributed by atoms with van der Waals surface area (Å²) in [5.41, 5.74) is 8.41. The van der Waals surface area contributed by atoms with Crippen LogP contribution in [0.4, 0.5) is 5.69 Å². The third-order valence-corrected chi connectivity index (χ3v) is 4.94. The molecular weight excluding hydrogens is 232 g/mol. The minimum atomic E-state index is 0.744. The summed E-state index contributed by atoms with van der Waals surface area (Å²) < 4.78 is 0. The highest BCUT2D eigenvalue weighted by Crippen LogP contribution is 2.37. The maximum absolute atomic E-state index is 5.62. The Morgan fingerprint density at radius 1 is 1.00 bits per heavy atom. The van der Waals surface area contributed by atoms with Crippen LogP contribution in [0.2, 0.25) is 0 Å². The van der Waals surface area contributed by atoms with E-state index in [0.717, 1.165) is 24.9 Å². The monoisotopic (exact) mass is 258 g/mol. The molecule has 1 saturated heterocycles. The van der Waals surface area contributed by atoms with Crippen LogP contribution in [0.5, 0.6) is 0 Å². The Labute approximate surface area is 117 Å². The van der Waals surface area contributed by atoms with Crippen LogP contribution < -0.4 is 10.6 Å². The van der Waals surface area contributed by atoms with Crippen LogP contribution in [0.3, 0.4) is 0 Å². The molecule has 1 heterocycles. The number of rotatable bonds is 3. The number of benzene rings is 1. The van der Waals surface area contributed by atoms with E-state index in [9.17, 15) is 0 Å². The minimum Gasteiger partial charge on any atom is -0.368 e. The molecule has 1 saturated carbocycles. The lowest BCUT2D eigenvalue weighted by Gasteiger charge is -2.45. The highest BCUT2D eigenvalue weighted by atomic mass is 15.2. The Morgan fingerprint density at radius 3 is 2.53 bits per heavy atom. The molecule has 2 N–H and O–H groups in total. The molecule has 19 heavy (non-hydrogen) atoms. The molecule has 2 fully saturated rings. The summed E-state index contributed by atoms with van der Waals surface area (Å²) in [5.74, 6) is 0.950. The third kappa shape index (κ3) is 2.79. The second kappa shape index (κ2) is 5.96. The van der Waals surface area contributed by atoms with Crippen LogP contribution in [0.1, 0.15) is 44.1 Å². The van der Waals surface area contributed by atoms with Crippen molar-refractivity contribution >= 4 is 5.69 Å². The van der Waals surface area contributed by atoms with E-state index in [4.69, 9.17) is 5.73 Å². The van der Waals surface area contributed by atoms with E-state index >= 15 is 0 Å². The van der Waals surface area contributed by atoms with Crippen molar-refractivity contribution in [2.24, 2.45) is 11.7 Å². The van der Waals surface area contributed by atoms with E-state index in [1.165, 1.54) is 56.3 Å². The largest absolute Gasteiger partial charge is 0.368 e. The van der Waals surface area contributed by atoms with E-state index in [-0.39, 0.29) is 0 Å². The van der Waals surface area contributed by atoms with Crippen molar-refractivity contribution in [1.82, 2.24) is 0 Å². The summed E-state index contributed by atoms with van der Waals surface area (Å²) in [6.07, 6.45) is 9.53. The van der Waals surface area contributed by atoms with Gasteiger partial charge in [0.2, 0.25) is 0 Å². The molecule has 1 aromatic rings. The van der Waals surface area contributed by atoms with Crippen molar-refractivity contribution in [3.05, 3.63) is 29.8 Å². The average molecular weight is 258 g/mol. The molecule has 2 aliphatic rings. The van der Waals surface area contributed by atoms with Gasteiger partial charge in [0, 0.05) is 18.3 Å². The lowest BCUT2D eigenvalue weighted by molar-refractivity contribution is 0.244. The van der Waals surface area contributed by atoms with E-state index in [1.54, 1.807) is 0 Å². The lowest BCUT2D eigenvalue weighted by Crippen LogP contribution is -2.46. The summed E-state index contributed by atoms with van der Waals surface area (Å²) in [4.78, 5) is 2.68. The highest BCUT2D eigenvalue weighted by molar-refractivity contribution is 5.49. The molecule has 2 nitrogen and oxygen atoms in total. The SMILES string of the molecule is NCCc1ccc(N2CCC[C@H]3CCCC[C@H]32)cc1. The van der Waals surface area contributed by atoms with E-state index < -0.39 is 0 Å². The van der Waals surface area contributed by atoms with Crippen molar-refractivity contribution in [2.45, 2.75) is 51.0 Å². The summed E-state index contributed by atoms with van der Waals surface area (Å²) in [6, 6.07) is 9.94. The van der Waals surface area contributed by atoms with E-state index in [0.29, 0.717) is 0 Å². The number of hydrogen-bond donors (Lipinski definition) is 1. The Kier molecular flexibility index (Phi) is 4.07. The molecule has 3 rings (SSSR count). The summed E-state index contributed by atoms with van der Waals surface area (Å²) in [7, 11) is 0. The molecule has 1 aliphatic heterocycles. The molecule has 0 aromatic heterocycles. The van der Waals surface area contributed by atoms with Gasteiger partial charge in [-0.3, -0.25) is 0 Å². The molecule has 2 atom stereocenters. The summed E-state index contributed by atoms with van der Waals surface area (Å²) >= 11 is 0.